The molecule has 0 saturated carbocycles. The largest absolute Gasteiger partial charge is 0.491 e. The first kappa shape index (κ1) is 22.7. The summed E-state index contributed by atoms with van der Waals surface area (Å²) in [7, 11) is -3.56. The minimum atomic E-state index is -3.56. The molecule has 1 amide bonds. The van der Waals surface area contributed by atoms with Crippen LogP contribution < -0.4 is 10.1 Å². The van der Waals surface area contributed by atoms with Crippen molar-refractivity contribution in [1.82, 2.24) is 14.6 Å². The van der Waals surface area contributed by atoms with Crippen LogP contribution in [0, 0.1) is 5.92 Å². The predicted molar refractivity (Wildman–Crippen MR) is 118 cm³/mol. The second kappa shape index (κ2) is 10.4. The summed E-state index contributed by atoms with van der Waals surface area (Å²) in [5, 5.41) is 2.97. The van der Waals surface area contributed by atoms with Gasteiger partial charge in [0.05, 0.1) is 6.10 Å². The third-order valence-corrected chi connectivity index (χ3v) is 7.83. The third-order valence-electron chi connectivity index (χ3n) is 5.95. The Balaban J connectivity index is 1.21. The van der Waals surface area contributed by atoms with E-state index in [-0.39, 0.29) is 22.8 Å². The Morgan fingerprint density at radius 2 is 1.94 bits per heavy atom. The quantitative estimate of drug-likeness (QED) is 0.651. The van der Waals surface area contributed by atoms with Crippen LogP contribution in [0.5, 0.6) is 5.75 Å². The van der Waals surface area contributed by atoms with Crippen molar-refractivity contribution < 1.29 is 22.7 Å². The van der Waals surface area contributed by atoms with Gasteiger partial charge in [-0.15, -0.1) is 0 Å². The van der Waals surface area contributed by atoms with E-state index in [0.717, 1.165) is 30.8 Å². The molecule has 3 heterocycles. The number of aromatic nitrogens is 1. The molecule has 9 heteroatoms. The van der Waals surface area contributed by atoms with Crippen LogP contribution in [-0.4, -0.2) is 56.0 Å². The Hall–Kier alpha value is -2.49. The zero-order valence-electron chi connectivity index (χ0n) is 18.0. The molecule has 0 aliphatic carbocycles. The number of benzene rings is 1. The molecular formula is C23H29N3O5S. The second-order valence-corrected chi connectivity index (χ2v) is 10.1. The first-order valence-corrected chi connectivity index (χ1v) is 12.5. The minimum absolute atomic E-state index is 0.0397. The highest BCUT2D eigenvalue weighted by atomic mass is 32.2. The maximum Gasteiger partial charge on any atom is 0.244 e. The lowest BCUT2D eigenvalue weighted by Crippen LogP contribution is -2.42. The van der Waals surface area contributed by atoms with Gasteiger partial charge in [0.2, 0.25) is 15.9 Å². The molecule has 0 radical (unpaired) electrons. The summed E-state index contributed by atoms with van der Waals surface area (Å²) in [6.07, 6.45) is 6.21. The van der Waals surface area contributed by atoms with Crippen LogP contribution in [-0.2, 0) is 26.1 Å². The molecule has 1 N–H and O–H groups in total. The number of nitrogens with zero attached hydrogens (tertiary/aromatic N) is 2. The van der Waals surface area contributed by atoms with E-state index in [1.54, 1.807) is 18.3 Å². The number of rotatable bonds is 8. The molecule has 1 atom stereocenters. The summed E-state index contributed by atoms with van der Waals surface area (Å²) in [5.41, 5.74) is 0.986. The first-order chi connectivity index (χ1) is 15.5. The maximum absolute atomic E-state index is 12.7. The lowest BCUT2D eigenvalue weighted by molar-refractivity contribution is -0.126. The fourth-order valence-corrected chi connectivity index (χ4v) is 5.44. The topological polar surface area (TPSA) is 97.8 Å². The van der Waals surface area contributed by atoms with Gasteiger partial charge >= 0.3 is 0 Å². The van der Waals surface area contributed by atoms with Crippen LogP contribution in [0.4, 0.5) is 0 Å². The van der Waals surface area contributed by atoms with Crippen LogP contribution in [0.15, 0.2) is 53.7 Å². The Labute approximate surface area is 189 Å². The second-order valence-electron chi connectivity index (χ2n) is 8.17. The summed E-state index contributed by atoms with van der Waals surface area (Å²) in [6, 6.07) is 10.8. The van der Waals surface area contributed by atoms with Crippen LogP contribution in [0.1, 0.15) is 31.2 Å². The summed E-state index contributed by atoms with van der Waals surface area (Å²) < 4.78 is 38.1. The van der Waals surface area contributed by atoms with Crippen molar-refractivity contribution in [2.24, 2.45) is 5.92 Å². The summed E-state index contributed by atoms with van der Waals surface area (Å²) in [4.78, 5) is 16.7. The van der Waals surface area contributed by atoms with Gasteiger partial charge in [0, 0.05) is 44.6 Å². The number of sulfonamides is 1. The average molecular weight is 460 g/mol. The van der Waals surface area contributed by atoms with Gasteiger partial charge in [0.15, 0.2) is 0 Å². The van der Waals surface area contributed by atoms with Gasteiger partial charge in [-0.3, -0.25) is 9.78 Å². The van der Waals surface area contributed by atoms with Crippen molar-refractivity contribution in [3.8, 4) is 5.75 Å². The SMILES string of the molecule is O=C(NCc1ccc(OCC2CCCO2)cc1)C1CCN(S(=O)(=O)c2cccnc2)CC1. The number of amides is 1. The molecule has 2 saturated heterocycles. The summed E-state index contributed by atoms with van der Waals surface area (Å²) >= 11 is 0. The zero-order chi connectivity index (χ0) is 22.4. The molecule has 2 aromatic rings. The van der Waals surface area contributed by atoms with Crippen molar-refractivity contribution in [2.45, 2.75) is 43.2 Å². The molecule has 0 bridgehead atoms. The van der Waals surface area contributed by atoms with Gasteiger partial charge in [-0.1, -0.05) is 12.1 Å². The van der Waals surface area contributed by atoms with Gasteiger partial charge in [0.1, 0.15) is 17.3 Å². The van der Waals surface area contributed by atoms with E-state index >= 15 is 0 Å². The normalized spacial score (nSPS) is 20.2. The molecule has 2 fully saturated rings. The molecule has 1 aromatic heterocycles. The number of pyridine rings is 1. The number of ether oxygens (including phenoxy) is 2. The van der Waals surface area contributed by atoms with Crippen molar-refractivity contribution in [1.29, 1.82) is 0 Å². The van der Waals surface area contributed by atoms with Crippen LogP contribution in [0.25, 0.3) is 0 Å². The lowest BCUT2D eigenvalue weighted by atomic mass is 9.97. The van der Waals surface area contributed by atoms with E-state index in [0.29, 0.717) is 39.1 Å². The van der Waals surface area contributed by atoms with Crippen LogP contribution in [0.2, 0.25) is 0 Å². The highest BCUT2D eigenvalue weighted by Gasteiger charge is 2.32. The molecule has 2 aliphatic rings. The predicted octanol–water partition coefficient (Wildman–Crippen LogP) is 2.36. The van der Waals surface area contributed by atoms with Gasteiger partial charge < -0.3 is 14.8 Å². The maximum atomic E-state index is 12.7. The van der Waals surface area contributed by atoms with Gasteiger partial charge in [-0.25, -0.2) is 8.42 Å². The number of nitrogens with one attached hydrogen (secondary N) is 1. The number of carbonyl (C=O) groups is 1. The van der Waals surface area contributed by atoms with Crippen molar-refractivity contribution in [2.75, 3.05) is 26.3 Å². The molecule has 1 unspecified atom stereocenters. The molecule has 32 heavy (non-hydrogen) atoms. The monoisotopic (exact) mass is 459 g/mol. The Morgan fingerprint density at radius 1 is 1.16 bits per heavy atom. The van der Waals surface area contributed by atoms with Crippen molar-refractivity contribution in [3.05, 3.63) is 54.4 Å². The Kier molecular flexibility index (Phi) is 7.39. The van der Waals surface area contributed by atoms with E-state index in [1.807, 2.05) is 24.3 Å². The number of hydrogen-bond donors (Lipinski definition) is 1. The standard InChI is InChI=1S/C23H29N3O5S/c27-23(19-9-12-26(13-10-19)32(28,29)22-4-1-11-24-16-22)25-15-18-5-7-20(8-6-18)31-17-21-3-2-14-30-21/h1,4-8,11,16,19,21H,2-3,9-10,12-15,17H2,(H,25,27). The zero-order valence-corrected chi connectivity index (χ0v) is 18.8. The van der Waals surface area contributed by atoms with E-state index in [9.17, 15) is 13.2 Å². The number of carbonyl (C=O) groups excluding carboxylic acids is 1. The van der Waals surface area contributed by atoms with E-state index in [1.165, 1.54) is 10.5 Å². The van der Waals surface area contributed by atoms with Gasteiger partial charge in [-0.05, 0) is 55.5 Å². The van der Waals surface area contributed by atoms with Crippen molar-refractivity contribution in [3.63, 3.8) is 0 Å². The summed E-state index contributed by atoms with van der Waals surface area (Å²) in [5.74, 6) is 0.560. The fourth-order valence-electron chi connectivity index (χ4n) is 4.01. The van der Waals surface area contributed by atoms with Gasteiger partial charge in [0.25, 0.3) is 0 Å². The molecule has 1 aromatic carbocycles. The van der Waals surface area contributed by atoms with Crippen LogP contribution in [0.3, 0.4) is 0 Å². The minimum Gasteiger partial charge on any atom is -0.491 e. The Morgan fingerprint density at radius 3 is 2.59 bits per heavy atom. The van der Waals surface area contributed by atoms with E-state index in [4.69, 9.17) is 9.47 Å². The first-order valence-electron chi connectivity index (χ1n) is 11.0. The number of piperidine rings is 1. The molecular weight excluding hydrogens is 430 g/mol. The fraction of sp³-hybridized carbons (Fsp3) is 0.478. The van der Waals surface area contributed by atoms with E-state index in [2.05, 4.69) is 10.3 Å². The van der Waals surface area contributed by atoms with Crippen LogP contribution >= 0.6 is 0 Å². The van der Waals surface area contributed by atoms with Gasteiger partial charge in [-0.2, -0.15) is 4.31 Å². The smallest absolute Gasteiger partial charge is 0.244 e. The summed E-state index contributed by atoms with van der Waals surface area (Å²) in [6.45, 7) is 2.45. The number of hydrogen-bond acceptors (Lipinski definition) is 6. The molecule has 4 rings (SSSR count). The van der Waals surface area contributed by atoms with Crippen molar-refractivity contribution >= 4 is 15.9 Å². The van der Waals surface area contributed by atoms with E-state index < -0.39 is 10.0 Å². The highest BCUT2D eigenvalue weighted by Crippen LogP contribution is 2.24. The molecule has 172 valence electrons. The molecule has 8 nitrogen and oxygen atoms in total. The molecule has 2 aliphatic heterocycles. The average Bonchev–Trinajstić information content (AvgIpc) is 3.36. The highest BCUT2D eigenvalue weighted by molar-refractivity contribution is 7.89. The third kappa shape index (κ3) is 5.65. The lowest BCUT2D eigenvalue weighted by Gasteiger charge is -2.30. The molecule has 0 spiro atoms. The Bertz CT molecular complexity index is 984.